The molecule has 56 valence electrons. The Hall–Kier alpha value is -1.43. The number of nitrogens with one attached hydrogen (secondary N) is 1. The Bertz CT molecular complexity index is 272. The smallest absolute Gasteiger partial charge is 0.258 e. The van der Waals surface area contributed by atoms with Crippen molar-refractivity contribution in [2.24, 2.45) is 0 Å². The standard InChI is InChI=1S/C8H8N2O/c9-5-8-10-6-3-1-2-4-7(6)11-8/h2,4,8,10H,1,3H2. The number of rotatable bonds is 0. The van der Waals surface area contributed by atoms with Gasteiger partial charge in [-0.2, -0.15) is 5.26 Å². The van der Waals surface area contributed by atoms with Crippen LogP contribution in [0.15, 0.2) is 23.6 Å². The van der Waals surface area contributed by atoms with E-state index < -0.39 is 6.23 Å². The number of hydrogen-bond acceptors (Lipinski definition) is 3. The molecule has 0 saturated carbocycles. The Morgan fingerprint density at radius 1 is 1.73 bits per heavy atom. The zero-order valence-corrected chi connectivity index (χ0v) is 6.00. The van der Waals surface area contributed by atoms with E-state index in [0.717, 1.165) is 24.3 Å². The molecule has 0 fully saturated rings. The van der Waals surface area contributed by atoms with Crippen molar-refractivity contribution in [3.05, 3.63) is 23.6 Å². The lowest BCUT2D eigenvalue weighted by Gasteiger charge is -2.03. The molecule has 1 aliphatic carbocycles. The summed E-state index contributed by atoms with van der Waals surface area (Å²) >= 11 is 0. The van der Waals surface area contributed by atoms with Crippen LogP contribution >= 0.6 is 0 Å². The monoisotopic (exact) mass is 148 g/mol. The Balaban J connectivity index is 2.17. The molecule has 1 atom stereocenters. The quantitative estimate of drug-likeness (QED) is 0.557. The van der Waals surface area contributed by atoms with Crippen LogP contribution < -0.4 is 5.32 Å². The van der Waals surface area contributed by atoms with E-state index in [4.69, 9.17) is 10.00 Å². The number of hydrogen-bond donors (Lipinski definition) is 1. The summed E-state index contributed by atoms with van der Waals surface area (Å²) in [7, 11) is 0. The maximum Gasteiger partial charge on any atom is 0.258 e. The van der Waals surface area contributed by atoms with E-state index >= 15 is 0 Å². The van der Waals surface area contributed by atoms with Gasteiger partial charge in [-0.3, -0.25) is 0 Å². The van der Waals surface area contributed by atoms with Crippen LogP contribution in [-0.4, -0.2) is 6.23 Å². The van der Waals surface area contributed by atoms with Gasteiger partial charge in [0.25, 0.3) is 6.23 Å². The topological polar surface area (TPSA) is 45.0 Å². The van der Waals surface area contributed by atoms with E-state index in [0.29, 0.717) is 0 Å². The lowest BCUT2D eigenvalue weighted by molar-refractivity contribution is 0.184. The molecule has 0 saturated heterocycles. The molecule has 1 aliphatic heterocycles. The highest BCUT2D eigenvalue weighted by atomic mass is 16.5. The van der Waals surface area contributed by atoms with Crippen molar-refractivity contribution in [3.8, 4) is 6.07 Å². The van der Waals surface area contributed by atoms with Gasteiger partial charge in [-0.15, -0.1) is 0 Å². The van der Waals surface area contributed by atoms with E-state index in [-0.39, 0.29) is 0 Å². The van der Waals surface area contributed by atoms with Gasteiger partial charge in [0.15, 0.2) is 0 Å². The number of allylic oxidation sites excluding steroid dienone is 3. The molecular formula is C8H8N2O. The summed E-state index contributed by atoms with van der Waals surface area (Å²) in [6.45, 7) is 0. The summed E-state index contributed by atoms with van der Waals surface area (Å²) < 4.78 is 5.24. The van der Waals surface area contributed by atoms with Crippen LogP contribution in [0.2, 0.25) is 0 Å². The van der Waals surface area contributed by atoms with E-state index in [2.05, 4.69) is 11.4 Å². The maximum atomic E-state index is 8.52. The molecule has 0 bridgehead atoms. The molecule has 11 heavy (non-hydrogen) atoms. The van der Waals surface area contributed by atoms with Crippen molar-refractivity contribution < 1.29 is 4.74 Å². The zero-order chi connectivity index (χ0) is 7.68. The minimum Gasteiger partial charge on any atom is -0.455 e. The number of nitrogens with zero attached hydrogens (tertiary/aromatic N) is 1. The van der Waals surface area contributed by atoms with Gasteiger partial charge < -0.3 is 10.1 Å². The first-order valence-corrected chi connectivity index (χ1v) is 3.62. The molecule has 1 unspecified atom stereocenters. The second-order valence-electron chi connectivity index (χ2n) is 2.56. The Morgan fingerprint density at radius 3 is 3.36 bits per heavy atom. The molecule has 0 aromatic heterocycles. The molecule has 0 amide bonds. The summed E-state index contributed by atoms with van der Waals surface area (Å²) in [6, 6.07) is 2.01. The van der Waals surface area contributed by atoms with Crippen molar-refractivity contribution in [2.75, 3.05) is 0 Å². The van der Waals surface area contributed by atoms with Gasteiger partial charge in [0.1, 0.15) is 11.8 Å². The number of nitriles is 1. The van der Waals surface area contributed by atoms with Gasteiger partial charge >= 0.3 is 0 Å². The third-order valence-electron chi connectivity index (χ3n) is 1.80. The SMILES string of the molecule is N#CC1NC2=C(C=CCC2)O1. The fraction of sp³-hybridized carbons (Fsp3) is 0.375. The molecule has 0 aromatic carbocycles. The summed E-state index contributed by atoms with van der Waals surface area (Å²) in [5, 5.41) is 11.5. The summed E-state index contributed by atoms with van der Waals surface area (Å²) in [4.78, 5) is 0. The van der Waals surface area contributed by atoms with Crippen LogP contribution in [0.25, 0.3) is 0 Å². The number of ether oxygens (including phenoxy) is 1. The van der Waals surface area contributed by atoms with Crippen molar-refractivity contribution in [2.45, 2.75) is 19.1 Å². The first-order chi connectivity index (χ1) is 5.40. The molecule has 0 aromatic rings. The highest BCUT2D eigenvalue weighted by Crippen LogP contribution is 2.23. The molecular weight excluding hydrogens is 140 g/mol. The van der Waals surface area contributed by atoms with E-state index in [9.17, 15) is 0 Å². The van der Waals surface area contributed by atoms with Crippen LogP contribution in [0.3, 0.4) is 0 Å². The maximum absolute atomic E-state index is 8.52. The third kappa shape index (κ3) is 0.966. The van der Waals surface area contributed by atoms with Crippen molar-refractivity contribution in [1.82, 2.24) is 5.32 Å². The third-order valence-corrected chi connectivity index (χ3v) is 1.80. The van der Waals surface area contributed by atoms with E-state index in [1.54, 1.807) is 0 Å². The highest BCUT2D eigenvalue weighted by Gasteiger charge is 2.23. The molecule has 0 radical (unpaired) electrons. The van der Waals surface area contributed by atoms with E-state index in [1.165, 1.54) is 0 Å². The minimum atomic E-state index is -0.470. The normalized spacial score (nSPS) is 27.0. The van der Waals surface area contributed by atoms with Gasteiger partial charge in [-0.1, -0.05) is 6.08 Å². The Kier molecular flexibility index (Phi) is 1.32. The van der Waals surface area contributed by atoms with Gasteiger partial charge in [-0.05, 0) is 18.9 Å². The van der Waals surface area contributed by atoms with Crippen LogP contribution in [0.4, 0.5) is 0 Å². The molecule has 1 N–H and O–H groups in total. The average molecular weight is 148 g/mol. The van der Waals surface area contributed by atoms with Crippen molar-refractivity contribution in [1.29, 1.82) is 5.26 Å². The van der Waals surface area contributed by atoms with Gasteiger partial charge in [-0.25, -0.2) is 0 Å². The van der Waals surface area contributed by atoms with Gasteiger partial charge in [0.2, 0.25) is 0 Å². The van der Waals surface area contributed by atoms with Gasteiger partial charge in [0.05, 0.1) is 5.70 Å². The first kappa shape index (κ1) is 6.29. The van der Waals surface area contributed by atoms with Crippen molar-refractivity contribution in [3.63, 3.8) is 0 Å². The van der Waals surface area contributed by atoms with Crippen LogP contribution in [-0.2, 0) is 4.74 Å². The molecule has 1 heterocycles. The Labute approximate surface area is 65.0 Å². The highest BCUT2D eigenvalue weighted by molar-refractivity contribution is 5.28. The van der Waals surface area contributed by atoms with Crippen LogP contribution in [0.5, 0.6) is 0 Å². The fourth-order valence-electron chi connectivity index (χ4n) is 1.27. The van der Waals surface area contributed by atoms with Gasteiger partial charge in [0, 0.05) is 0 Å². The van der Waals surface area contributed by atoms with E-state index in [1.807, 2.05) is 12.1 Å². The Morgan fingerprint density at radius 2 is 2.64 bits per heavy atom. The summed E-state index contributed by atoms with van der Waals surface area (Å²) in [6.07, 6.45) is 5.50. The van der Waals surface area contributed by atoms with Crippen molar-refractivity contribution >= 4 is 0 Å². The largest absolute Gasteiger partial charge is 0.455 e. The molecule has 0 spiro atoms. The zero-order valence-electron chi connectivity index (χ0n) is 6.00. The molecule has 3 heteroatoms. The predicted molar refractivity (Wildman–Crippen MR) is 39.0 cm³/mol. The summed E-state index contributed by atoms with van der Waals surface area (Å²) in [5.74, 6) is 0.836. The summed E-state index contributed by atoms with van der Waals surface area (Å²) in [5.41, 5.74) is 1.07. The lowest BCUT2D eigenvalue weighted by Crippen LogP contribution is -2.21. The predicted octanol–water partition coefficient (Wildman–Crippen LogP) is 1.02. The molecule has 2 rings (SSSR count). The lowest BCUT2D eigenvalue weighted by atomic mass is 10.1. The molecule has 2 aliphatic rings. The first-order valence-electron chi connectivity index (χ1n) is 3.62. The average Bonchev–Trinajstić information content (AvgIpc) is 2.46. The van der Waals surface area contributed by atoms with Crippen LogP contribution in [0.1, 0.15) is 12.8 Å². The van der Waals surface area contributed by atoms with Crippen LogP contribution in [0, 0.1) is 11.3 Å². The second-order valence-corrected chi connectivity index (χ2v) is 2.56. The fourth-order valence-corrected chi connectivity index (χ4v) is 1.27. The minimum absolute atomic E-state index is 0.470. The second kappa shape index (κ2) is 2.31. The molecule has 3 nitrogen and oxygen atoms in total.